The molecule has 0 atom stereocenters. The average molecular weight is 213 g/mol. The fourth-order valence-corrected chi connectivity index (χ4v) is 0. The van der Waals surface area contributed by atoms with Crippen molar-refractivity contribution in [1.29, 1.82) is 10.5 Å². The third-order valence-corrected chi connectivity index (χ3v) is 0.0500. The summed E-state index contributed by atoms with van der Waals surface area (Å²) in [6.07, 6.45) is 0. The van der Waals surface area contributed by atoms with Crippen LogP contribution in [0.4, 0.5) is 0 Å². The second kappa shape index (κ2) is 8.47. The molecule has 0 amide bonds. The first-order valence-corrected chi connectivity index (χ1v) is 2.70. The van der Waals surface area contributed by atoms with Crippen LogP contribution in [0.1, 0.15) is 0 Å². The first-order valence-electron chi connectivity index (χ1n) is 1.36. The Kier molecular flexibility index (Phi) is 13.8. The van der Waals surface area contributed by atoms with Crippen LogP contribution in [0.15, 0.2) is 0 Å². The molecule has 8 heteroatoms. The summed E-state index contributed by atoms with van der Waals surface area (Å²) in [5.41, 5.74) is 0. The minimum Gasteiger partial charge on any atom is -0.759 e. The molecule has 0 aliphatic carbocycles. The smallest absolute Gasteiger partial charge is 0.759 e. The van der Waals surface area contributed by atoms with Crippen LogP contribution < -0.4 is 0 Å². The second-order valence-corrected chi connectivity index (χ2v) is 1.45. The van der Waals surface area contributed by atoms with Gasteiger partial charge in [-0.25, -0.2) is 0 Å². The van der Waals surface area contributed by atoms with Crippen molar-refractivity contribution >= 4 is 10.4 Å². The van der Waals surface area contributed by atoms with Gasteiger partial charge in [0.1, 0.15) is 0 Å². The van der Waals surface area contributed by atoms with Crippen molar-refractivity contribution in [3.8, 4) is 12.1 Å². The standard InChI is InChI=1S/C2N2.H2O4S.Zn/c3-1-2-4;1-5(2,3)4;/h;(H2,1,2,3,4);/q;;+2/p-2. The maximum Gasteiger partial charge on any atom is 2.00 e. The van der Waals surface area contributed by atoms with Crippen LogP contribution in [0.5, 0.6) is 0 Å². The van der Waals surface area contributed by atoms with Crippen LogP contribution in [0.25, 0.3) is 0 Å². The van der Waals surface area contributed by atoms with E-state index in [1.807, 2.05) is 0 Å². The van der Waals surface area contributed by atoms with Crippen LogP contribution in [0, 0.1) is 22.7 Å². The van der Waals surface area contributed by atoms with E-state index < -0.39 is 10.4 Å². The van der Waals surface area contributed by atoms with E-state index >= 15 is 0 Å². The first kappa shape index (κ1) is 16.2. The van der Waals surface area contributed by atoms with Crippen LogP contribution in [-0.2, 0) is 29.9 Å². The van der Waals surface area contributed by atoms with Gasteiger partial charge in [0.25, 0.3) is 0 Å². The van der Waals surface area contributed by atoms with Gasteiger partial charge in [-0.05, 0) is 0 Å². The molecular weight excluding hydrogens is 213 g/mol. The SMILES string of the molecule is N#CC#N.O=S(=O)([O-])[O-].[Zn+2]. The summed E-state index contributed by atoms with van der Waals surface area (Å²) in [7, 11) is -5.17. The molecule has 0 aromatic heterocycles. The monoisotopic (exact) mass is 212 g/mol. The number of hydrogen-bond donors (Lipinski definition) is 0. The predicted molar refractivity (Wildman–Crippen MR) is 21.7 cm³/mol. The normalized spacial score (nSPS) is 6.80. The van der Waals surface area contributed by atoms with E-state index in [0.717, 1.165) is 0 Å². The number of rotatable bonds is 0. The molecule has 0 rings (SSSR count). The van der Waals surface area contributed by atoms with Gasteiger partial charge in [-0.15, -0.1) is 0 Å². The van der Waals surface area contributed by atoms with Crippen LogP contribution in [-0.4, -0.2) is 17.5 Å². The molecule has 0 spiro atoms. The Morgan fingerprint density at radius 3 is 1.20 bits per heavy atom. The van der Waals surface area contributed by atoms with E-state index in [1.54, 1.807) is 0 Å². The summed E-state index contributed by atoms with van der Waals surface area (Å²) in [4.78, 5) is 0. The molecule has 0 saturated carbocycles. The molecule has 0 radical (unpaired) electrons. The zero-order valence-electron chi connectivity index (χ0n) is 4.64. The number of hydrogen-bond acceptors (Lipinski definition) is 6. The Morgan fingerprint density at radius 1 is 1.10 bits per heavy atom. The van der Waals surface area contributed by atoms with Gasteiger partial charge in [0.2, 0.25) is 0 Å². The number of nitriles is 2. The van der Waals surface area contributed by atoms with E-state index in [1.165, 1.54) is 12.1 Å². The van der Waals surface area contributed by atoms with Gasteiger partial charge in [0, 0.05) is 10.4 Å². The van der Waals surface area contributed by atoms with Crippen molar-refractivity contribution in [1.82, 2.24) is 0 Å². The van der Waals surface area contributed by atoms with Gasteiger partial charge in [-0.2, -0.15) is 10.5 Å². The van der Waals surface area contributed by atoms with Gasteiger partial charge in [-0.1, -0.05) is 0 Å². The molecule has 0 aromatic rings. The topological polar surface area (TPSA) is 128 Å². The molecule has 50 valence electrons. The predicted octanol–water partition coefficient (Wildman–Crippen LogP) is -1.31. The van der Waals surface area contributed by atoms with Gasteiger partial charge in [0.15, 0.2) is 12.1 Å². The Labute approximate surface area is 70.4 Å². The molecule has 0 saturated heterocycles. The van der Waals surface area contributed by atoms with E-state index in [9.17, 15) is 0 Å². The molecule has 0 heterocycles. The maximum absolute atomic E-state index is 8.52. The molecule has 0 N–H and O–H groups in total. The Bertz CT molecular complexity index is 213. The van der Waals surface area contributed by atoms with Crippen molar-refractivity contribution in [3.63, 3.8) is 0 Å². The molecule has 0 bridgehead atoms. The van der Waals surface area contributed by atoms with Crippen LogP contribution in [0.3, 0.4) is 0 Å². The van der Waals surface area contributed by atoms with Gasteiger partial charge >= 0.3 is 19.5 Å². The largest absolute Gasteiger partial charge is 2.00 e. The van der Waals surface area contributed by atoms with Crippen molar-refractivity contribution in [2.45, 2.75) is 0 Å². The Morgan fingerprint density at radius 2 is 1.20 bits per heavy atom. The first-order chi connectivity index (χ1) is 3.91. The van der Waals surface area contributed by atoms with Crippen LogP contribution in [0.2, 0.25) is 0 Å². The quantitative estimate of drug-likeness (QED) is 0.279. The van der Waals surface area contributed by atoms with Crippen molar-refractivity contribution in [2.24, 2.45) is 0 Å². The van der Waals surface area contributed by atoms with Crippen molar-refractivity contribution < 1.29 is 37.0 Å². The summed E-state index contributed by atoms with van der Waals surface area (Å²) in [6, 6.07) is 2.47. The van der Waals surface area contributed by atoms with E-state index in [2.05, 4.69) is 0 Å². The number of nitrogens with zero attached hydrogens (tertiary/aromatic N) is 2. The van der Waals surface area contributed by atoms with Gasteiger partial charge < -0.3 is 9.11 Å². The molecule has 0 aliphatic rings. The fraction of sp³-hybridized carbons (Fsp3) is 0. The third-order valence-electron chi connectivity index (χ3n) is 0.0500. The molecular formula is C2N2O4SZn. The average Bonchev–Trinajstić information content (AvgIpc) is 1.61. The summed E-state index contributed by atoms with van der Waals surface area (Å²) in [5.74, 6) is 0. The molecule has 6 nitrogen and oxygen atoms in total. The van der Waals surface area contributed by atoms with Crippen molar-refractivity contribution in [2.75, 3.05) is 0 Å². The maximum atomic E-state index is 8.52. The molecule has 10 heavy (non-hydrogen) atoms. The molecule has 0 aliphatic heterocycles. The second-order valence-electron chi connectivity index (χ2n) is 0.632. The molecule has 0 fully saturated rings. The minimum atomic E-state index is -5.17. The van der Waals surface area contributed by atoms with E-state index in [-0.39, 0.29) is 19.5 Å². The zero-order valence-corrected chi connectivity index (χ0v) is 8.43. The van der Waals surface area contributed by atoms with Crippen molar-refractivity contribution in [3.05, 3.63) is 0 Å². The van der Waals surface area contributed by atoms with E-state index in [4.69, 9.17) is 28.0 Å². The molecule has 0 unspecified atom stereocenters. The summed E-state index contributed by atoms with van der Waals surface area (Å²) in [5, 5.41) is 14.5. The zero-order chi connectivity index (χ0) is 7.91. The summed E-state index contributed by atoms with van der Waals surface area (Å²) < 4.78 is 34.1. The Hall–Kier alpha value is -0.527. The van der Waals surface area contributed by atoms with Gasteiger partial charge in [-0.3, -0.25) is 8.42 Å². The fourth-order valence-electron chi connectivity index (χ4n) is 0. The third kappa shape index (κ3) is 1400. The summed E-state index contributed by atoms with van der Waals surface area (Å²) >= 11 is 0. The van der Waals surface area contributed by atoms with Gasteiger partial charge in [0.05, 0.1) is 0 Å². The van der Waals surface area contributed by atoms with Crippen LogP contribution >= 0.6 is 0 Å². The molecule has 0 aromatic carbocycles. The van der Waals surface area contributed by atoms with E-state index in [0.29, 0.717) is 0 Å². The Balaban J connectivity index is -0.0000000910. The minimum absolute atomic E-state index is 0. The summed E-state index contributed by atoms with van der Waals surface area (Å²) in [6.45, 7) is 0.